The van der Waals surface area contributed by atoms with Crippen molar-refractivity contribution in [2.45, 2.75) is 18.7 Å². The van der Waals surface area contributed by atoms with Gasteiger partial charge in [0.15, 0.2) is 0 Å². The fraction of sp³-hybridized carbons (Fsp3) is 0.263. The summed E-state index contributed by atoms with van der Waals surface area (Å²) in [6.45, 7) is 3.00. The minimum Gasteiger partial charge on any atom is -0.492 e. The molecule has 0 heterocycles. The maximum absolute atomic E-state index is 12.9. The van der Waals surface area contributed by atoms with Crippen LogP contribution in [0.3, 0.4) is 0 Å². The molecule has 2 aromatic carbocycles. The van der Waals surface area contributed by atoms with Gasteiger partial charge in [0, 0.05) is 30.4 Å². The molecule has 2 amide bonds. The Morgan fingerprint density at radius 3 is 2.21 bits per heavy atom. The van der Waals surface area contributed by atoms with Crippen LogP contribution in [0.2, 0.25) is 5.02 Å². The molecule has 0 fully saturated rings. The molecule has 156 valence electrons. The third-order valence-electron chi connectivity index (χ3n) is 3.75. The number of halogens is 1. The highest BCUT2D eigenvalue weighted by Crippen LogP contribution is 2.29. The topological polar surface area (TPSA) is 105 Å². The normalized spacial score (nSPS) is 11.2. The lowest BCUT2D eigenvalue weighted by Crippen LogP contribution is -2.35. The lowest BCUT2D eigenvalue weighted by Gasteiger charge is -2.19. The predicted molar refractivity (Wildman–Crippen MR) is 112 cm³/mol. The summed E-state index contributed by atoms with van der Waals surface area (Å²) >= 11 is 5.94. The average molecular weight is 440 g/mol. The molecule has 0 aliphatic rings. The Labute approximate surface area is 174 Å². The van der Waals surface area contributed by atoms with E-state index in [1.54, 1.807) is 31.2 Å². The minimum atomic E-state index is -4.01. The van der Waals surface area contributed by atoms with Gasteiger partial charge < -0.3 is 15.4 Å². The van der Waals surface area contributed by atoms with E-state index in [2.05, 4.69) is 10.6 Å². The summed E-state index contributed by atoms with van der Waals surface area (Å²) in [6, 6.07) is 10.7. The van der Waals surface area contributed by atoms with Gasteiger partial charge in [-0.25, -0.2) is 8.42 Å². The van der Waals surface area contributed by atoms with Crippen molar-refractivity contribution in [3.8, 4) is 5.75 Å². The molecule has 0 radical (unpaired) electrons. The number of carbonyl (C=O) groups excluding carboxylic acids is 2. The molecule has 2 N–H and O–H groups in total. The van der Waals surface area contributed by atoms with E-state index >= 15 is 0 Å². The van der Waals surface area contributed by atoms with Crippen LogP contribution >= 0.6 is 11.6 Å². The molecular weight excluding hydrogens is 418 g/mol. The largest absolute Gasteiger partial charge is 0.492 e. The van der Waals surface area contributed by atoms with Crippen LogP contribution in [0.5, 0.6) is 5.75 Å². The van der Waals surface area contributed by atoms with Crippen molar-refractivity contribution in [1.82, 2.24) is 4.31 Å². The van der Waals surface area contributed by atoms with Gasteiger partial charge in [-0.2, -0.15) is 4.31 Å². The molecule has 0 aliphatic carbocycles. The molecule has 0 aliphatic heterocycles. The zero-order valence-corrected chi connectivity index (χ0v) is 17.8. The number of nitrogens with one attached hydrogen (secondary N) is 2. The molecule has 0 bridgehead atoms. The number of benzene rings is 2. The van der Waals surface area contributed by atoms with E-state index in [-0.39, 0.29) is 28.2 Å². The number of rotatable bonds is 8. The highest BCUT2D eigenvalue weighted by molar-refractivity contribution is 7.89. The number of hydrogen-bond acceptors (Lipinski definition) is 5. The molecule has 29 heavy (non-hydrogen) atoms. The second-order valence-corrected chi connectivity index (χ2v) is 8.54. The van der Waals surface area contributed by atoms with Gasteiger partial charge in [-0.1, -0.05) is 11.6 Å². The van der Waals surface area contributed by atoms with Gasteiger partial charge in [-0.15, -0.1) is 0 Å². The van der Waals surface area contributed by atoms with Crippen LogP contribution in [-0.4, -0.2) is 44.7 Å². The standard InChI is InChI=1S/C19H22ClN3O5S/c1-4-28-17-10-5-14(20)11-18(17)29(26,27)23(3)12-19(25)22-16-8-6-15(7-9-16)21-13(2)24/h5-11H,4,12H2,1-3H3,(H,21,24)(H,22,25). The maximum Gasteiger partial charge on any atom is 0.247 e. The minimum absolute atomic E-state index is 0.109. The van der Waals surface area contributed by atoms with Gasteiger partial charge in [0.1, 0.15) is 10.6 Å². The lowest BCUT2D eigenvalue weighted by atomic mass is 10.2. The monoisotopic (exact) mass is 439 g/mol. The second-order valence-electron chi connectivity index (χ2n) is 6.09. The van der Waals surface area contributed by atoms with E-state index < -0.39 is 22.5 Å². The smallest absolute Gasteiger partial charge is 0.247 e. The first-order valence-corrected chi connectivity index (χ1v) is 10.5. The summed E-state index contributed by atoms with van der Waals surface area (Å²) in [7, 11) is -2.71. The van der Waals surface area contributed by atoms with Crippen molar-refractivity contribution >= 4 is 44.8 Å². The Bertz CT molecular complexity index is 993. The van der Waals surface area contributed by atoms with E-state index in [1.807, 2.05) is 0 Å². The maximum atomic E-state index is 12.9. The molecule has 0 saturated carbocycles. The number of amides is 2. The molecule has 0 aromatic heterocycles. The third kappa shape index (κ3) is 6.18. The average Bonchev–Trinajstić information content (AvgIpc) is 2.64. The molecule has 8 nitrogen and oxygen atoms in total. The van der Waals surface area contributed by atoms with Crippen molar-refractivity contribution in [2.24, 2.45) is 0 Å². The van der Waals surface area contributed by atoms with Crippen LogP contribution in [0.4, 0.5) is 11.4 Å². The summed E-state index contributed by atoms with van der Waals surface area (Å²) in [5.74, 6) is -0.567. The summed E-state index contributed by atoms with van der Waals surface area (Å²) in [5, 5.41) is 5.47. The SMILES string of the molecule is CCOc1ccc(Cl)cc1S(=O)(=O)N(C)CC(=O)Nc1ccc(NC(C)=O)cc1. The number of anilines is 2. The fourth-order valence-electron chi connectivity index (χ4n) is 2.45. The van der Waals surface area contributed by atoms with E-state index in [4.69, 9.17) is 16.3 Å². The van der Waals surface area contributed by atoms with Gasteiger partial charge in [-0.05, 0) is 49.4 Å². The van der Waals surface area contributed by atoms with Gasteiger partial charge in [0.25, 0.3) is 0 Å². The van der Waals surface area contributed by atoms with Crippen molar-refractivity contribution < 1.29 is 22.7 Å². The van der Waals surface area contributed by atoms with Gasteiger partial charge in [0.2, 0.25) is 21.8 Å². The number of likely N-dealkylation sites (N-methyl/N-ethyl adjacent to an activating group) is 1. The number of nitrogens with zero attached hydrogens (tertiary/aromatic N) is 1. The first kappa shape index (κ1) is 22.7. The molecular formula is C19H22ClN3O5S. The van der Waals surface area contributed by atoms with Crippen LogP contribution < -0.4 is 15.4 Å². The molecule has 2 aromatic rings. The fourth-order valence-corrected chi connectivity index (χ4v) is 3.97. The van der Waals surface area contributed by atoms with Crippen LogP contribution in [0, 0.1) is 0 Å². The predicted octanol–water partition coefficient (Wildman–Crippen LogP) is 2.96. The lowest BCUT2D eigenvalue weighted by molar-refractivity contribution is -0.116. The Hall–Kier alpha value is -2.62. The van der Waals surface area contributed by atoms with E-state index in [9.17, 15) is 18.0 Å². The Kier molecular flexibility index (Phi) is 7.60. The molecule has 10 heteroatoms. The van der Waals surface area contributed by atoms with Crippen molar-refractivity contribution in [1.29, 1.82) is 0 Å². The Morgan fingerprint density at radius 2 is 1.66 bits per heavy atom. The van der Waals surface area contributed by atoms with Crippen molar-refractivity contribution in [2.75, 3.05) is 30.8 Å². The summed E-state index contributed by atoms with van der Waals surface area (Å²) in [4.78, 5) is 23.2. The highest BCUT2D eigenvalue weighted by atomic mass is 35.5. The molecule has 2 rings (SSSR count). The zero-order valence-electron chi connectivity index (χ0n) is 16.2. The quantitative estimate of drug-likeness (QED) is 0.657. The van der Waals surface area contributed by atoms with E-state index in [1.165, 1.54) is 32.2 Å². The number of carbonyl (C=O) groups is 2. The van der Waals surface area contributed by atoms with Crippen LogP contribution in [0.15, 0.2) is 47.4 Å². The zero-order chi connectivity index (χ0) is 21.6. The van der Waals surface area contributed by atoms with E-state index in [0.29, 0.717) is 11.4 Å². The Balaban J connectivity index is 2.10. The molecule has 0 spiro atoms. The van der Waals surface area contributed by atoms with Gasteiger partial charge in [-0.3, -0.25) is 9.59 Å². The van der Waals surface area contributed by atoms with Crippen molar-refractivity contribution in [3.63, 3.8) is 0 Å². The number of ether oxygens (including phenoxy) is 1. The Morgan fingerprint density at radius 1 is 1.07 bits per heavy atom. The summed E-state index contributed by atoms with van der Waals surface area (Å²) in [6.07, 6.45) is 0. The third-order valence-corrected chi connectivity index (χ3v) is 5.81. The second kappa shape index (κ2) is 9.73. The molecule has 0 saturated heterocycles. The first-order chi connectivity index (χ1) is 13.6. The number of sulfonamides is 1. The van der Waals surface area contributed by atoms with Gasteiger partial charge >= 0.3 is 0 Å². The van der Waals surface area contributed by atoms with Crippen molar-refractivity contribution in [3.05, 3.63) is 47.5 Å². The van der Waals surface area contributed by atoms with Crippen LogP contribution in [-0.2, 0) is 19.6 Å². The summed E-state index contributed by atoms with van der Waals surface area (Å²) in [5.41, 5.74) is 1.05. The summed E-state index contributed by atoms with van der Waals surface area (Å²) < 4.78 is 32.1. The van der Waals surface area contributed by atoms with E-state index in [0.717, 1.165) is 4.31 Å². The van der Waals surface area contributed by atoms with Gasteiger partial charge in [0.05, 0.1) is 13.2 Å². The molecule has 0 unspecified atom stereocenters. The first-order valence-electron chi connectivity index (χ1n) is 8.69. The highest BCUT2D eigenvalue weighted by Gasteiger charge is 2.27. The number of hydrogen-bond donors (Lipinski definition) is 2. The van der Waals surface area contributed by atoms with Crippen LogP contribution in [0.25, 0.3) is 0 Å². The molecule has 0 atom stereocenters. The van der Waals surface area contributed by atoms with Crippen LogP contribution in [0.1, 0.15) is 13.8 Å².